The highest BCUT2D eigenvalue weighted by Gasteiger charge is 2.11. The number of aliphatic carboxylic acids is 1. The molecule has 1 atom stereocenters. The molecule has 0 aliphatic carbocycles. The molecule has 0 aromatic carbocycles. The topological polar surface area (TPSA) is 64.2 Å². The van der Waals surface area contributed by atoms with Crippen molar-refractivity contribution < 1.29 is 14.6 Å². The Bertz CT molecular complexity index is 294. The molecule has 0 spiro atoms. The molecule has 13 heavy (non-hydrogen) atoms. The van der Waals surface area contributed by atoms with Crippen molar-refractivity contribution in [1.29, 1.82) is 0 Å². The van der Waals surface area contributed by atoms with E-state index in [-0.39, 0.29) is 0 Å². The number of hydrogen-bond acceptors (Lipinski definition) is 2. The molecule has 0 saturated heterocycles. The van der Waals surface area contributed by atoms with E-state index in [0.29, 0.717) is 11.2 Å². The van der Waals surface area contributed by atoms with E-state index < -0.39 is 11.9 Å². The van der Waals surface area contributed by atoms with Gasteiger partial charge in [-0.3, -0.25) is 4.79 Å². The van der Waals surface area contributed by atoms with E-state index in [1.165, 1.54) is 12.4 Å². The van der Waals surface area contributed by atoms with Crippen LogP contribution in [0.2, 0.25) is 0 Å². The van der Waals surface area contributed by atoms with E-state index in [9.17, 15) is 10.0 Å². The lowest BCUT2D eigenvalue weighted by Crippen LogP contribution is -2.24. The first-order valence-electron chi connectivity index (χ1n) is 4.00. The number of rotatable bonds is 3. The van der Waals surface area contributed by atoms with E-state index in [1.807, 2.05) is 0 Å². The Hall–Kier alpha value is -1.58. The maximum atomic E-state index is 10.6. The summed E-state index contributed by atoms with van der Waals surface area (Å²) in [7, 11) is 0. The summed E-state index contributed by atoms with van der Waals surface area (Å²) in [5.74, 6) is -1.23. The summed E-state index contributed by atoms with van der Waals surface area (Å²) in [4.78, 5) is 10.5. The molecule has 0 aliphatic heterocycles. The maximum absolute atomic E-state index is 10.6. The van der Waals surface area contributed by atoms with Crippen molar-refractivity contribution in [2.24, 2.45) is 5.92 Å². The van der Waals surface area contributed by atoms with Crippen LogP contribution in [0.3, 0.4) is 0 Å². The van der Waals surface area contributed by atoms with Gasteiger partial charge >= 0.3 is 5.97 Å². The summed E-state index contributed by atoms with van der Waals surface area (Å²) in [6.45, 7) is 1.64. The molecular weight excluding hydrogens is 170 g/mol. The fourth-order valence-electron chi connectivity index (χ4n) is 1.02. The Morgan fingerprint density at radius 3 is 2.62 bits per heavy atom. The zero-order valence-electron chi connectivity index (χ0n) is 7.30. The van der Waals surface area contributed by atoms with E-state index in [2.05, 4.69) is 0 Å². The highest BCUT2D eigenvalue weighted by molar-refractivity contribution is 5.69. The smallest absolute Gasteiger partial charge is 0.306 e. The number of aromatic nitrogens is 1. The summed E-state index contributed by atoms with van der Waals surface area (Å²) >= 11 is 0. The molecule has 0 radical (unpaired) electrons. The molecule has 0 amide bonds. The molecule has 0 bridgehead atoms. The minimum Gasteiger partial charge on any atom is -0.619 e. The minimum atomic E-state index is -0.821. The van der Waals surface area contributed by atoms with Gasteiger partial charge in [0.05, 0.1) is 5.92 Å². The second-order valence-corrected chi connectivity index (χ2v) is 3.01. The molecule has 0 aliphatic rings. The lowest BCUT2D eigenvalue weighted by atomic mass is 10.0. The van der Waals surface area contributed by atoms with Crippen molar-refractivity contribution in [2.45, 2.75) is 13.3 Å². The Kier molecular flexibility index (Phi) is 2.84. The van der Waals surface area contributed by atoms with E-state index >= 15 is 0 Å². The number of carboxylic acids is 1. The predicted octanol–water partition coefficient (Wildman–Crippen LogP) is 0.583. The number of carboxylic acid groups (broad SMARTS) is 1. The van der Waals surface area contributed by atoms with Gasteiger partial charge in [-0.2, -0.15) is 4.73 Å². The summed E-state index contributed by atoms with van der Waals surface area (Å²) in [5.41, 5.74) is 0.863. The van der Waals surface area contributed by atoms with Crippen LogP contribution in [0.4, 0.5) is 0 Å². The molecule has 1 N–H and O–H groups in total. The average molecular weight is 181 g/mol. The minimum absolute atomic E-state index is 0.414. The lowest BCUT2D eigenvalue weighted by Gasteiger charge is -2.04. The predicted molar refractivity (Wildman–Crippen MR) is 45.9 cm³/mol. The normalized spacial score (nSPS) is 12.4. The van der Waals surface area contributed by atoms with Gasteiger partial charge in [0.25, 0.3) is 0 Å². The van der Waals surface area contributed by atoms with Gasteiger partial charge in [-0.15, -0.1) is 0 Å². The fraction of sp³-hybridized carbons (Fsp3) is 0.333. The standard InChI is InChI=1S/C9H11NO3/c1-7(9(11)12)6-8-2-4-10(13)5-3-8/h2-5,7H,6H2,1H3,(H,11,12). The van der Waals surface area contributed by atoms with Crippen molar-refractivity contribution in [3.8, 4) is 0 Å². The van der Waals surface area contributed by atoms with Gasteiger partial charge in [0.15, 0.2) is 12.4 Å². The Morgan fingerprint density at radius 2 is 2.15 bits per heavy atom. The first kappa shape index (κ1) is 9.51. The number of carbonyl (C=O) groups is 1. The highest BCUT2D eigenvalue weighted by Crippen LogP contribution is 2.06. The van der Waals surface area contributed by atoms with Crippen LogP contribution >= 0.6 is 0 Å². The Balaban J connectivity index is 2.64. The van der Waals surface area contributed by atoms with Gasteiger partial charge in [-0.05, 0) is 12.0 Å². The van der Waals surface area contributed by atoms with E-state index in [4.69, 9.17) is 5.11 Å². The van der Waals surface area contributed by atoms with Crippen LogP contribution in [-0.2, 0) is 11.2 Å². The third kappa shape index (κ3) is 2.74. The van der Waals surface area contributed by atoms with Gasteiger partial charge in [0.1, 0.15) is 0 Å². The average Bonchev–Trinajstić information content (AvgIpc) is 2.08. The lowest BCUT2D eigenvalue weighted by molar-refractivity contribution is -0.605. The van der Waals surface area contributed by atoms with Crippen LogP contribution in [0.25, 0.3) is 0 Å². The molecule has 1 aromatic heterocycles. The van der Waals surface area contributed by atoms with Crippen LogP contribution in [-0.4, -0.2) is 11.1 Å². The van der Waals surface area contributed by atoms with Crippen LogP contribution in [0, 0.1) is 11.1 Å². The summed E-state index contributed by atoms with van der Waals surface area (Å²) in [5, 5.41) is 19.3. The maximum Gasteiger partial charge on any atom is 0.306 e. The molecule has 0 fully saturated rings. The van der Waals surface area contributed by atoms with Crippen molar-refractivity contribution in [3.63, 3.8) is 0 Å². The molecule has 4 heteroatoms. The zero-order valence-corrected chi connectivity index (χ0v) is 7.30. The number of hydrogen-bond donors (Lipinski definition) is 1. The van der Waals surface area contributed by atoms with Gasteiger partial charge in [0, 0.05) is 12.1 Å². The van der Waals surface area contributed by atoms with E-state index in [0.717, 1.165) is 5.56 Å². The van der Waals surface area contributed by atoms with Gasteiger partial charge in [0.2, 0.25) is 0 Å². The monoisotopic (exact) mass is 181 g/mol. The van der Waals surface area contributed by atoms with Crippen molar-refractivity contribution in [2.75, 3.05) is 0 Å². The number of nitrogens with zero attached hydrogens (tertiary/aromatic N) is 1. The Labute approximate surface area is 76.0 Å². The summed E-state index contributed by atoms with van der Waals surface area (Å²) in [6, 6.07) is 3.26. The number of pyridine rings is 1. The van der Waals surface area contributed by atoms with Crippen molar-refractivity contribution >= 4 is 5.97 Å². The molecule has 0 saturated carbocycles. The first-order chi connectivity index (χ1) is 6.09. The third-order valence-corrected chi connectivity index (χ3v) is 1.83. The van der Waals surface area contributed by atoms with Crippen LogP contribution in [0.5, 0.6) is 0 Å². The fourth-order valence-corrected chi connectivity index (χ4v) is 1.02. The Morgan fingerprint density at radius 1 is 1.62 bits per heavy atom. The zero-order chi connectivity index (χ0) is 9.84. The molecule has 70 valence electrons. The SMILES string of the molecule is CC(Cc1cc[n+]([O-])cc1)C(=O)O. The van der Waals surface area contributed by atoms with Crippen molar-refractivity contribution in [1.82, 2.24) is 0 Å². The second kappa shape index (κ2) is 3.89. The molecular formula is C9H11NO3. The second-order valence-electron chi connectivity index (χ2n) is 3.01. The van der Waals surface area contributed by atoms with Crippen LogP contribution in [0.15, 0.2) is 24.5 Å². The highest BCUT2D eigenvalue weighted by atomic mass is 16.5. The van der Waals surface area contributed by atoms with Gasteiger partial charge < -0.3 is 10.3 Å². The largest absolute Gasteiger partial charge is 0.619 e. The van der Waals surface area contributed by atoms with Crippen molar-refractivity contribution in [3.05, 3.63) is 35.3 Å². The molecule has 4 nitrogen and oxygen atoms in total. The summed E-state index contributed by atoms with van der Waals surface area (Å²) in [6.07, 6.45) is 3.18. The third-order valence-electron chi connectivity index (χ3n) is 1.83. The molecule has 1 unspecified atom stereocenters. The van der Waals surface area contributed by atoms with Crippen LogP contribution < -0.4 is 4.73 Å². The first-order valence-corrected chi connectivity index (χ1v) is 4.00. The summed E-state index contributed by atoms with van der Waals surface area (Å²) < 4.78 is 0.676. The van der Waals surface area contributed by atoms with Crippen LogP contribution in [0.1, 0.15) is 12.5 Å². The molecule has 1 aromatic rings. The van der Waals surface area contributed by atoms with Gasteiger partial charge in [-0.25, -0.2) is 0 Å². The molecule has 1 heterocycles. The van der Waals surface area contributed by atoms with E-state index in [1.54, 1.807) is 19.1 Å². The van der Waals surface area contributed by atoms with Gasteiger partial charge in [-0.1, -0.05) is 6.92 Å². The quantitative estimate of drug-likeness (QED) is 0.548. The molecule has 1 rings (SSSR count).